The van der Waals surface area contributed by atoms with Crippen LogP contribution >= 0.6 is 11.6 Å². The van der Waals surface area contributed by atoms with Gasteiger partial charge in [-0.05, 0) is 30.5 Å². The van der Waals surface area contributed by atoms with Gasteiger partial charge in [0.05, 0.1) is 12.2 Å². The molecule has 162 valence electrons. The number of piperazine rings is 1. The lowest BCUT2D eigenvalue weighted by atomic mass is 10.1. The standard InChI is InChI=1S/C22H31ClN6O/c1-5-19-18(20(6-2)27(4)26-19)13-25-22(24-3)29-12-11-28(21(30)15-29)14-16-7-9-17(23)10-8-16/h7-10H,5-6,11-15H2,1-4H3,(H,24,25). The molecule has 1 aromatic carbocycles. The third-order valence-electron chi connectivity index (χ3n) is 5.57. The number of aliphatic imine (C=N–C) groups is 1. The van der Waals surface area contributed by atoms with Gasteiger partial charge in [-0.1, -0.05) is 37.6 Å². The van der Waals surface area contributed by atoms with Gasteiger partial charge >= 0.3 is 0 Å². The summed E-state index contributed by atoms with van der Waals surface area (Å²) in [5.41, 5.74) is 4.66. The molecular weight excluding hydrogens is 400 g/mol. The van der Waals surface area contributed by atoms with Gasteiger partial charge in [-0.3, -0.25) is 14.5 Å². The molecule has 1 fully saturated rings. The van der Waals surface area contributed by atoms with Crippen LogP contribution in [0.1, 0.15) is 36.4 Å². The fourth-order valence-electron chi connectivity index (χ4n) is 3.96. The lowest BCUT2D eigenvalue weighted by Crippen LogP contribution is -2.54. The smallest absolute Gasteiger partial charge is 0.242 e. The number of aryl methyl sites for hydroxylation is 2. The Balaban J connectivity index is 1.61. The molecule has 1 aromatic heterocycles. The van der Waals surface area contributed by atoms with E-state index in [1.807, 2.05) is 45.8 Å². The highest BCUT2D eigenvalue weighted by atomic mass is 35.5. The van der Waals surface area contributed by atoms with Crippen molar-refractivity contribution >= 4 is 23.5 Å². The van der Waals surface area contributed by atoms with E-state index in [9.17, 15) is 4.79 Å². The second-order valence-electron chi connectivity index (χ2n) is 7.47. The van der Waals surface area contributed by atoms with Gasteiger partial charge in [-0.2, -0.15) is 5.10 Å². The van der Waals surface area contributed by atoms with Crippen molar-refractivity contribution in [2.45, 2.75) is 39.8 Å². The second-order valence-corrected chi connectivity index (χ2v) is 7.90. The number of hydrogen-bond donors (Lipinski definition) is 1. The summed E-state index contributed by atoms with van der Waals surface area (Å²) in [5.74, 6) is 0.853. The zero-order chi connectivity index (χ0) is 21.7. The summed E-state index contributed by atoms with van der Waals surface area (Å²) >= 11 is 5.95. The van der Waals surface area contributed by atoms with Crippen molar-refractivity contribution < 1.29 is 4.79 Å². The Kier molecular flexibility index (Phi) is 7.37. The molecule has 3 rings (SSSR count). The predicted molar refractivity (Wildman–Crippen MR) is 121 cm³/mol. The number of benzene rings is 1. The maximum atomic E-state index is 12.7. The Hall–Kier alpha value is -2.54. The molecule has 1 aliphatic heterocycles. The van der Waals surface area contributed by atoms with Crippen molar-refractivity contribution in [3.05, 3.63) is 51.8 Å². The topological polar surface area (TPSA) is 65.8 Å². The van der Waals surface area contributed by atoms with Crippen LogP contribution in [0.4, 0.5) is 0 Å². The lowest BCUT2D eigenvalue weighted by Gasteiger charge is -2.36. The maximum Gasteiger partial charge on any atom is 0.242 e. The van der Waals surface area contributed by atoms with Crippen LogP contribution in [0.5, 0.6) is 0 Å². The van der Waals surface area contributed by atoms with Crippen molar-refractivity contribution in [2.75, 3.05) is 26.7 Å². The average Bonchev–Trinajstić information content (AvgIpc) is 3.06. The second kappa shape index (κ2) is 9.98. The molecule has 8 heteroatoms. The van der Waals surface area contributed by atoms with Crippen LogP contribution in [0.3, 0.4) is 0 Å². The fourth-order valence-corrected chi connectivity index (χ4v) is 4.09. The summed E-state index contributed by atoms with van der Waals surface area (Å²) in [7, 11) is 3.76. The van der Waals surface area contributed by atoms with Crippen molar-refractivity contribution in [2.24, 2.45) is 12.0 Å². The molecule has 0 atom stereocenters. The first kappa shape index (κ1) is 22.2. The highest BCUT2D eigenvalue weighted by Gasteiger charge is 2.26. The molecule has 1 amide bonds. The Bertz CT molecular complexity index is 905. The van der Waals surface area contributed by atoms with E-state index < -0.39 is 0 Å². The third-order valence-corrected chi connectivity index (χ3v) is 5.82. The minimum atomic E-state index is 0.101. The Morgan fingerprint density at radius 2 is 1.93 bits per heavy atom. The van der Waals surface area contributed by atoms with E-state index in [-0.39, 0.29) is 5.91 Å². The van der Waals surface area contributed by atoms with Gasteiger partial charge in [0, 0.05) is 56.6 Å². The van der Waals surface area contributed by atoms with E-state index in [4.69, 9.17) is 11.6 Å². The molecule has 0 aliphatic carbocycles. The van der Waals surface area contributed by atoms with E-state index in [0.29, 0.717) is 31.2 Å². The summed E-state index contributed by atoms with van der Waals surface area (Å²) in [4.78, 5) is 21.1. The third kappa shape index (κ3) is 4.95. The van der Waals surface area contributed by atoms with Crippen LogP contribution in [0.2, 0.25) is 5.02 Å². The van der Waals surface area contributed by atoms with Crippen LogP contribution in [-0.2, 0) is 37.8 Å². The van der Waals surface area contributed by atoms with E-state index in [2.05, 4.69) is 29.3 Å². The Morgan fingerprint density at radius 3 is 2.53 bits per heavy atom. The first-order valence-corrected chi connectivity index (χ1v) is 10.9. The number of amides is 1. The molecule has 0 spiro atoms. The van der Waals surface area contributed by atoms with Gasteiger partial charge in [0.25, 0.3) is 0 Å². The molecule has 1 aliphatic rings. The average molecular weight is 431 g/mol. The predicted octanol–water partition coefficient (Wildman–Crippen LogP) is 2.62. The van der Waals surface area contributed by atoms with Gasteiger partial charge < -0.3 is 15.1 Å². The number of hydrogen-bond acceptors (Lipinski definition) is 3. The van der Waals surface area contributed by atoms with E-state index in [1.165, 1.54) is 11.3 Å². The monoisotopic (exact) mass is 430 g/mol. The Labute approximate surface area is 183 Å². The maximum absolute atomic E-state index is 12.7. The largest absolute Gasteiger partial charge is 0.352 e. The number of aromatic nitrogens is 2. The quantitative estimate of drug-likeness (QED) is 0.565. The molecule has 30 heavy (non-hydrogen) atoms. The molecule has 2 heterocycles. The van der Waals surface area contributed by atoms with Crippen molar-refractivity contribution in [1.82, 2.24) is 24.9 Å². The summed E-state index contributed by atoms with van der Waals surface area (Å²) in [6.07, 6.45) is 1.83. The fraction of sp³-hybridized carbons (Fsp3) is 0.500. The first-order valence-electron chi connectivity index (χ1n) is 10.5. The molecule has 0 saturated carbocycles. The number of rotatable bonds is 6. The summed E-state index contributed by atoms with van der Waals surface area (Å²) in [5, 5.41) is 8.79. The molecule has 1 saturated heterocycles. The van der Waals surface area contributed by atoms with Gasteiger partial charge in [-0.25, -0.2) is 0 Å². The molecule has 1 N–H and O–H groups in total. The summed E-state index contributed by atoms with van der Waals surface area (Å²) in [6, 6.07) is 7.65. The van der Waals surface area contributed by atoms with Gasteiger partial charge in [-0.15, -0.1) is 0 Å². The van der Waals surface area contributed by atoms with E-state index >= 15 is 0 Å². The first-order chi connectivity index (χ1) is 14.5. The highest BCUT2D eigenvalue weighted by molar-refractivity contribution is 6.30. The minimum absolute atomic E-state index is 0.101. The number of nitrogens with one attached hydrogen (secondary N) is 1. The van der Waals surface area contributed by atoms with Crippen LogP contribution in [-0.4, -0.2) is 58.1 Å². The molecule has 7 nitrogen and oxygen atoms in total. The SMILES string of the molecule is CCc1nn(C)c(CC)c1CNC(=NC)N1CCN(Cc2ccc(Cl)cc2)C(=O)C1. The van der Waals surface area contributed by atoms with E-state index in [0.717, 1.165) is 36.6 Å². The normalized spacial score (nSPS) is 15.1. The van der Waals surface area contributed by atoms with Crippen LogP contribution < -0.4 is 5.32 Å². The number of nitrogens with zero attached hydrogens (tertiary/aromatic N) is 5. The van der Waals surface area contributed by atoms with Crippen molar-refractivity contribution in [1.29, 1.82) is 0 Å². The van der Waals surface area contributed by atoms with Crippen LogP contribution in [0, 0.1) is 0 Å². The number of halogens is 1. The van der Waals surface area contributed by atoms with Crippen molar-refractivity contribution in [3.63, 3.8) is 0 Å². The molecule has 0 bridgehead atoms. The van der Waals surface area contributed by atoms with Crippen LogP contribution in [0.15, 0.2) is 29.3 Å². The highest BCUT2D eigenvalue weighted by Crippen LogP contribution is 2.16. The molecular formula is C22H31ClN6O. The number of carbonyl (C=O) groups excluding carboxylic acids is 1. The summed E-state index contributed by atoms with van der Waals surface area (Å²) in [6.45, 7) is 7.26. The molecule has 0 radical (unpaired) electrons. The molecule has 0 unspecified atom stereocenters. The molecule has 2 aromatic rings. The van der Waals surface area contributed by atoms with Gasteiger partial charge in [0.2, 0.25) is 5.91 Å². The van der Waals surface area contributed by atoms with Gasteiger partial charge in [0.1, 0.15) is 0 Å². The van der Waals surface area contributed by atoms with Crippen molar-refractivity contribution in [3.8, 4) is 0 Å². The lowest BCUT2D eigenvalue weighted by molar-refractivity contribution is -0.135. The number of guanidine groups is 1. The van der Waals surface area contributed by atoms with E-state index in [1.54, 1.807) is 7.05 Å². The zero-order valence-corrected chi connectivity index (χ0v) is 19.0. The van der Waals surface area contributed by atoms with Crippen LogP contribution in [0.25, 0.3) is 0 Å². The minimum Gasteiger partial charge on any atom is -0.352 e. The van der Waals surface area contributed by atoms with Gasteiger partial charge in [0.15, 0.2) is 5.96 Å². The Morgan fingerprint density at radius 1 is 1.20 bits per heavy atom. The number of carbonyl (C=O) groups is 1. The summed E-state index contributed by atoms with van der Waals surface area (Å²) < 4.78 is 1.97. The zero-order valence-electron chi connectivity index (χ0n) is 18.3.